The van der Waals surface area contributed by atoms with E-state index in [0.29, 0.717) is 22.5 Å². The van der Waals surface area contributed by atoms with Crippen LogP contribution in [0.5, 0.6) is 0 Å². The van der Waals surface area contributed by atoms with Gasteiger partial charge >= 0.3 is 0 Å². The zero-order chi connectivity index (χ0) is 26.0. The predicted octanol–water partition coefficient (Wildman–Crippen LogP) is 5.21. The summed E-state index contributed by atoms with van der Waals surface area (Å²) in [5, 5.41) is 2.77. The summed E-state index contributed by atoms with van der Waals surface area (Å²) in [4.78, 5) is 36.4. The summed E-state index contributed by atoms with van der Waals surface area (Å²) in [7, 11) is 0. The number of amides is 2. The molecule has 2 amide bonds. The van der Waals surface area contributed by atoms with E-state index in [1.165, 1.54) is 44.4 Å². The number of primary amides is 1. The van der Waals surface area contributed by atoms with Gasteiger partial charge in [0, 0.05) is 34.8 Å². The van der Waals surface area contributed by atoms with E-state index in [0.717, 1.165) is 11.8 Å². The van der Waals surface area contributed by atoms with Crippen molar-refractivity contribution < 1.29 is 18.4 Å². The second kappa shape index (κ2) is 9.61. The molecule has 0 aliphatic heterocycles. The van der Waals surface area contributed by atoms with Crippen LogP contribution in [0.15, 0.2) is 67.1 Å². The smallest absolute Gasteiger partial charge is 0.267 e. The topological polar surface area (TPSA) is 111 Å². The molecule has 0 saturated carbocycles. The van der Waals surface area contributed by atoms with E-state index in [1.807, 2.05) is 6.92 Å². The van der Waals surface area contributed by atoms with E-state index in [-0.39, 0.29) is 22.5 Å². The maximum Gasteiger partial charge on any atom is 0.267 e. The third-order valence-electron chi connectivity index (χ3n) is 5.58. The monoisotopic (exact) mass is 487 g/mol. The van der Waals surface area contributed by atoms with Crippen molar-refractivity contribution in [2.75, 3.05) is 5.32 Å². The van der Waals surface area contributed by atoms with Gasteiger partial charge in [-0.25, -0.2) is 8.78 Å². The van der Waals surface area contributed by atoms with Gasteiger partial charge < -0.3 is 11.1 Å². The molecule has 0 unspecified atom stereocenters. The van der Waals surface area contributed by atoms with Gasteiger partial charge in [0.05, 0.1) is 17.6 Å². The Kier molecular flexibility index (Phi) is 6.57. The summed E-state index contributed by atoms with van der Waals surface area (Å²) < 4.78 is 29.2. The highest BCUT2D eigenvalue weighted by Gasteiger charge is 2.22. The molecule has 4 rings (SSSR count). The maximum absolute atomic E-state index is 14.9. The molecule has 0 radical (unpaired) electrons. The number of aryl methyl sites for hydroxylation is 1. The van der Waals surface area contributed by atoms with Crippen LogP contribution in [0.25, 0.3) is 22.4 Å². The Morgan fingerprint density at radius 2 is 1.69 bits per heavy atom. The molecule has 9 heteroatoms. The van der Waals surface area contributed by atoms with Gasteiger partial charge in [0.25, 0.3) is 11.8 Å². The average molecular weight is 488 g/mol. The molecule has 0 bridgehead atoms. The molecule has 3 aromatic heterocycles. The Morgan fingerprint density at radius 3 is 2.42 bits per heavy atom. The van der Waals surface area contributed by atoms with Crippen molar-refractivity contribution in [3.63, 3.8) is 0 Å². The lowest BCUT2D eigenvalue weighted by atomic mass is 9.98. The summed E-state index contributed by atoms with van der Waals surface area (Å²) in [5.74, 6) is -1.70. The Balaban J connectivity index is 1.68. The molecular formula is C27H23F2N5O2. The van der Waals surface area contributed by atoms with Gasteiger partial charge in [0.2, 0.25) is 0 Å². The fraction of sp³-hybridized carbons (Fsp3) is 0.148. The molecule has 0 atom stereocenters. The van der Waals surface area contributed by atoms with Crippen LogP contribution < -0.4 is 11.1 Å². The summed E-state index contributed by atoms with van der Waals surface area (Å²) in [6.45, 7) is 4.54. The third kappa shape index (κ3) is 5.25. The number of hydrogen-bond acceptors (Lipinski definition) is 5. The lowest BCUT2D eigenvalue weighted by Gasteiger charge is -2.15. The second-order valence-electron chi connectivity index (χ2n) is 8.73. The lowest BCUT2D eigenvalue weighted by molar-refractivity contribution is 0.0993. The van der Waals surface area contributed by atoms with Crippen LogP contribution in [0.4, 0.5) is 14.5 Å². The number of nitrogens with two attached hydrogens (primary N) is 1. The molecule has 36 heavy (non-hydrogen) atoms. The number of anilines is 1. The molecule has 0 aliphatic carbocycles. The zero-order valence-corrected chi connectivity index (χ0v) is 19.8. The number of halogens is 2. The van der Waals surface area contributed by atoms with E-state index in [2.05, 4.69) is 20.3 Å². The van der Waals surface area contributed by atoms with Crippen LogP contribution in [0.3, 0.4) is 0 Å². The summed E-state index contributed by atoms with van der Waals surface area (Å²) >= 11 is 0. The van der Waals surface area contributed by atoms with Gasteiger partial charge in [0.15, 0.2) is 0 Å². The second-order valence-corrected chi connectivity index (χ2v) is 8.73. The van der Waals surface area contributed by atoms with Crippen LogP contribution >= 0.6 is 0 Å². The molecule has 1 aromatic carbocycles. The average Bonchev–Trinajstić information content (AvgIpc) is 2.85. The van der Waals surface area contributed by atoms with Gasteiger partial charge in [-0.1, -0.05) is 6.07 Å². The Bertz CT molecular complexity index is 1480. The molecule has 3 N–H and O–H groups in total. The number of nitrogens with one attached hydrogen (secondary N) is 1. The summed E-state index contributed by atoms with van der Waals surface area (Å²) in [6, 6.07) is 12.7. The molecule has 4 aromatic rings. The number of carbonyl (C=O) groups is 2. The highest BCUT2D eigenvalue weighted by atomic mass is 19.1. The highest BCUT2D eigenvalue weighted by Crippen LogP contribution is 2.32. The normalized spacial score (nSPS) is 11.2. The van der Waals surface area contributed by atoms with Crippen molar-refractivity contribution in [2.24, 2.45) is 5.73 Å². The largest absolute Gasteiger partial charge is 0.364 e. The SMILES string of the molecule is Cc1ccc(NC(=O)c2ccnc(C(C)(C)F)c2)cc1-c1cc(-c2ccnc(C(N)=O)c2)ncc1F. The molecule has 3 heterocycles. The molecule has 0 fully saturated rings. The zero-order valence-electron chi connectivity index (χ0n) is 19.8. The highest BCUT2D eigenvalue weighted by molar-refractivity contribution is 6.04. The van der Waals surface area contributed by atoms with Crippen LogP contribution in [-0.2, 0) is 5.67 Å². The predicted molar refractivity (Wildman–Crippen MR) is 132 cm³/mol. The van der Waals surface area contributed by atoms with Crippen molar-refractivity contribution in [3.8, 4) is 22.4 Å². The van der Waals surface area contributed by atoms with Crippen molar-refractivity contribution in [2.45, 2.75) is 26.4 Å². The summed E-state index contributed by atoms with van der Waals surface area (Å²) in [5.41, 5.74) is 7.03. The first-order chi connectivity index (χ1) is 17.0. The lowest BCUT2D eigenvalue weighted by Crippen LogP contribution is -2.16. The molecule has 0 saturated heterocycles. The van der Waals surface area contributed by atoms with Gasteiger partial charge in [-0.05, 0) is 74.4 Å². The van der Waals surface area contributed by atoms with Crippen LogP contribution in [-0.4, -0.2) is 26.8 Å². The Morgan fingerprint density at radius 1 is 0.944 bits per heavy atom. The van der Waals surface area contributed by atoms with Crippen molar-refractivity contribution in [1.82, 2.24) is 15.0 Å². The fourth-order valence-electron chi connectivity index (χ4n) is 3.62. The molecule has 7 nitrogen and oxygen atoms in total. The third-order valence-corrected chi connectivity index (χ3v) is 5.58. The van der Waals surface area contributed by atoms with Gasteiger partial charge in [-0.3, -0.25) is 24.5 Å². The van der Waals surface area contributed by atoms with Crippen LogP contribution in [0.2, 0.25) is 0 Å². The number of hydrogen-bond donors (Lipinski definition) is 2. The van der Waals surface area contributed by atoms with Crippen molar-refractivity contribution >= 4 is 17.5 Å². The van der Waals surface area contributed by atoms with Gasteiger partial charge in [-0.2, -0.15) is 0 Å². The standard InChI is InChI=1S/C27H23F2N5O2/c1-15-4-5-18(34-26(36)17-7-9-32-24(11-17)27(2,3)29)12-19(15)20-13-22(33-14-21(20)28)16-6-8-31-23(10-16)25(30)35/h4-14H,1-3H3,(H2,30,35)(H,34,36). The van der Waals surface area contributed by atoms with E-state index < -0.39 is 23.3 Å². The molecule has 0 spiro atoms. The first-order valence-electron chi connectivity index (χ1n) is 11.0. The van der Waals surface area contributed by atoms with Gasteiger partial charge in [0.1, 0.15) is 17.2 Å². The molecular weight excluding hydrogens is 464 g/mol. The van der Waals surface area contributed by atoms with E-state index in [9.17, 15) is 18.4 Å². The van der Waals surface area contributed by atoms with E-state index >= 15 is 0 Å². The summed E-state index contributed by atoms with van der Waals surface area (Å²) in [6.07, 6.45) is 3.90. The van der Waals surface area contributed by atoms with Crippen LogP contribution in [0.1, 0.15) is 46.0 Å². The maximum atomic E-state index is 14.9. The number of pyridine rings is 3. The minimum Gasteiger partial charge on any atom is -0.364 e. The first-order valence-corrected chi connectivity index (χ1v) is 11.0. The minimum atomic E-state index is -1.70. The van der Waals surface area contributed by atoms with Gasteiger partial charge in [-0.15, -0.1) is 0 Å². The van der Waals surface area contributed by atoms with Crippen molar-refractivity contribution in [3.05, 3.63) is 95.5 Å². The number of nitrogens with zero attached hydrogens (tertiary/aromatic N) is 3. The Hall–Kier alpha value is -4.53. The number of aromatic nitrogens is 3. The quantitative estimate of drug-likeness (QED) is 0.388. The number of alkyl halides is 1. The number of carbonyl (C=O) groups excluding carboxylic acids is 2. The number of rotatable bonds is 6. The van der Waals surface area contributed by atoms with Crippen molar-refractivity contribution in [1.29, 1.82) is 0 Å². The Labute approximate surface area is 206 Å². The number of benzene rings is 1. The van der Waals surface area contributed by atoms with E-state index in [4.69, 9.17) is 5.73 Å². The molecule has 0 aliphatic rings. The fourth-order valence-corrected chi connectivity index (χ4v) is 3.62. The first kappa shape index (κ1) is 24.6. The molecule has 182 valence electrons. The van der Waals surface area contributed by atoms with E-state index in [1.54, 1.807) is 30.3 Å². The van der Waals surface area contributed by atoms with Crippen LogP contribution in [0, 0.1) is 12.7 Å². The minimum absolute atomic E-state index is 0.0662.